The first-order chi connectivity index (χ1) is 5.36. The molecule has 2 rings (SSSR count). The summed E-state index contributed by atoms with van der Waals surface area (Å²) in [5, 5.41) is 3.07. The minimum atomic E-state index is 0. The van der Waals surface area contributed by atoms with Crippen LogP contribution in [-0.4, -0.2) is 0 Å². The van der Waals surface area contributed by atoms with E-state index >= 15 is 0 Å². The van der Waals surface area contributed by atoms with E-state index in [-0.39, 0.29) is 18.9 Å². The van der Waals surface area contributed by atoms with Gasteiger partial charge in [0.15, 0.2) is 0 Å². The SMILES string of the molecule is Brc1ccc(-c2cc[c-]s2)s1.[Li+]. The first-order valence-corrected chi connectivity index (χ1v) is 5.50. The van der Waals surface area contributed by atoms with Crippen LogP contribution in [-0.2, 0) is 0 Å². The molecule has 0 atom stereocenters. The standard InChI is InChI=1S/C8H4BrS2.Li/c9-8-4-3-7(11-8)6-2-1-5-10-6;/h1-4H;/q-1;+1. The molecule has 0 saturated heterocycles. The largest absolute Gasteiger partial charge is 1.00 e. The smallest absolute Gasteiger partial charge is 0.295 e. The normalized spacial score (nSPS) is 9.42. The van der Waals surface area contributed by atoms with Crippen molar-refractivity contribution in [2.45, 2.75) is 0 Å². The van der Waals surface area contributed by atoms with E-state index in [1.807, 2.05) is 6.07 Å². The van der Waals surface area contributed by atoms with E-state index in [2.05, 4.69) is 39.5 Å². The van der Waals surface area contributed by atoms with Gasteiger partial charge in [0, 0.05) is 0 Å². The molecule has 0 radical (unpaired) electrons. The third-order valence-corrected chi connectivity index (χ3v) is 3.90. The zero-order valence-corrected chi connectivity index (χ0v) is 9.72. The third-order valence-electron chi connectivity index (χ3n) is 1.29. The summed E-state index contributed by atoms with van der Waals surface area (Å²) < 4.78 is 1.18. The van der Waals surface area contributed by atoms with E-state index in [0.29, 0.717) is 0 Å². The maximum Gasteiger partial charge on any atom is 1.00 e. The van der Waals surface area contributed by atoms with Crippen LogP contribution < -0.4 is 18.9 Å². The molecule has 0 nitrogen and oxygen atoms in total. The molecule has 0 bridgehead atoms. The Hall–Kier alpha value is 0.477. The van der Waals surface area contributed by atoms with Crippen molar-refractivity contribution in [1.82, 2.24) is 0 Å². The Kier molecular flexibility index (Phi) is 4.08. The van der Waals surface area contributed by atoms with Crippen LogP contribution in [0, 0.1) is 5.38 Å². The predicted molar refractivity (Wildman–Crippen MR) is 54.2 cm³/mol. The molecule has 0 aliphatic rings. The Morgan fingerprint density at radius 3 is 2.50 bits per heavy atom. The van der Waals surface area contributed by atoms with Crippen molar-refractivity contribution in [2.75, 3.05) is 0 Å². The molecule has 0 aliphatic heterocycles. The van der Waals surface area contributed by atoms with Crippen LogP contribution in [0.2, 0.25) is 0 Å². The third kappa shape index (κ3) is 2.24. The van der Waals surface area contributed by atoms with Gasteiger partial charge in [-0.3, -0.25) is 11.3 Å². The minimum absolute atomic E-state index is 0. The van der Waals surface area contributed by atoms with Crippen molar-refractivity contribution in [3.63, 3.8) is 0 Å². The predicted octanol–water partition coefficient (Wildman–Crippen LogP) is 1.04. The van der Waals surface area contributed by atoms with Crippen LogP contribution in [0.4, 0.5) is 0 Å². The number of rotatable bonds is 1. The van der Waals surface area contributed by atoms with Crippen LogP contribution in [0.15, 0.2) is 28.1 Å². The number of thiophene rings is 2. The summed E-state index contributed by atoms with van der Waals surface area (Å²) in [6.45, 7) is 0. The van der Waals surface area contributed by atoms with Crippen molar-refractivity contribution in [3.05, 3.63) is 33.4 Å². The second kappa shape index (κ2) is 4.64. The Labute approximate surface area is 99.9 Å². The van der Waals surface area contributed by atoms with Gasteiger partial charge in [0.2, 0.25) is 0 Å². The second-order valence-electron chi connectivity index (χ2n) is 2.02. The fourth-order valence-corrected chi connectivity index (χ4v) is 2.94. The fraction of sp³-hybridized carbons (Fsp3) is 0. The van der Waals surface area contributed by atoms with Gasteiger partial charge in [0.05, 0.1) is 3.79 Å². The molecule has 2 aromatic rings. The summed E-state index contributed by atoms with van der Waals surface area (Å²) in [7, 11) is 0. The molecule has 4 heteroatoms. The first kappa shape index (κ1) is 10.6. The summed E-state index contributed by atoms with van der Waals surface area (Å²) in [6, 6.07) is 8.23. The molecule has 2 aromatic heterocycles. The van der Waals surface area contributed by atoms with Gasteiger partial charge in [0.25, 0.3) is 0 Å². The summed E-state index contributed by atoms with van der Waals surface area (Å²) in [6.07, 6.45) is 0. The fourth-order valence-electron chi connectivity index (χ4n) is 0.820. The van der Waals surface area contributed by atoms with Crippen LogP contribution >= 0.6 is 38.6 Å². The molecule has 0 aromatic carbocycles. The van der Waals surface area contributed by atoms with Gasteiger partial charge < -0.3 is 0 Å². The van der Waals surface area contributed by atoms with Gasteiger partial charge in [-0.05, 0) is 26.9 Å². The van der Waals surface area contributed by atoms with Crippen LogP contribution in [0.3, 0.4) is 0 Å². The number of hydrogen-bond donors (Lipinski definition) is 0. The van der Waals surface area contributed by atoms with Gasteiger partial charge in [0.1, 0.15) is 0 Å². The molecule has 56 valence electrons. The van der Waals surface area contributed by atoms with Crippen LogP contribution in [0.1, 0.15) is 0 Å². The van der Waals surface area contributed by atoms with E-state index < -0.39 is 0 Å². The molecule has 0 unspecified atom stereocenters. The van der Waals surface area contributed by atoms with E-state index in [9.17, 15) is 0 Å². The maximum absolute atomic E-state index is 3.43. The van der Waals surface area contributed by atoms with E-state index in [1.54, 1.807) is 22.7 Å². The van der Waals surface area contributed by atoms with E-state index in [1.165, 1.54) is 13.5 Å². The van der Waals surface area contributed by atoms with Crippen LogP contribution in [0.25, 0.3) is 9.75 Å². The zero-order valence-electron chi connectivity index (χ0n) is 6.50. The van der Waals surface area contributed by atoms with Crippen molar-refractivity contribution in [1.29, 1.82) is 0 Å². The van der Waals surface area contributed by atoms with Crippen molar-refractivity contribution < 1.29 is 18.9 Å². The number of halogens is 1. The number of hydrogen-bond acceptors (Lipinski definition) is 2. The second-order valence-corrected chi connectivity index (χ2v) is 5.36. The molecule has 12 heavy (non-hydrogen) atoms. The Morgan fingerprint density at radius 2 is 2.00 bits per heavy atom. The first-order valence-electron chi connectivity index (χ1n) is 3.08. The van der Waals surface area contributed by atoms with E-state index in [4.69, 9.17) is 0 Å². The molecule has 0 saturated carbocycles. The molecular formula is C8H4BrLiS2. The molecule has 0 amide bonds. The van der Waals surface area contributed by atoms with Gasteiger partial charge in [-0.25, -0.2) is 0 Å². The topological polar surface area (TPSA) is 0 Å². The average Bonchev–Trinajstić information content (AvgIpc) is 2.55. The summed E-state index contributed by atoms with van der Waals surface area (Å²) >= 11 is 6.84. The molecule has 0 fully saturated rings. The van der Waals surface area contributed by atoms with Gasteiger partial charge in [-0.15, -0.1) is 21.6 Å². The Bertz CT molecular complexity index is 340. The summed E-state index contributed by atoms with van der Waals surface area (Å²) in [5.41, 5.74) is 0. The summed E-state index contributed by atoms with van der Waals surface area (Å²) in [4.78, 5) is 2.60. The van der Waals surface area contributed by atoms with E-state index in [0.717, 1.165) is 0 Å². The van der Waals surface area contributed by atoms with Crippen LogP contribution in [0.5, 0.6) is 0 Å². The molecular weight excluding hydrogens is 247 g/mol. The molecule has 0 spiro atoms. The minimum Gasteiger partial charge on any atom is -0.295 e. The van der Waals surface area contributed by atoms with Gasteiger partial charge in [-0.1, -0.05) is 6.07 Å². The zero-order chi connectivity index (χ0) is 7.68. The van der Waals surface area contributed by atoms with Gasteiger partial charge >= 0.3 is 18.9 Å². The molecule has 0 aliphatic carbocycles. The van der Waals surface area contributed by atoms with Crippen molar-refractivity contribution in [2.24, 2.45) is 0 Å². The average molecular weight is 251 g/mol. The quantitative estimate of drug-likeness (QED) is 0.525. The molecule has 2 heterocycles. The maximum atomic E-state index is 3.43. The summed E-state index contributed by atoms with van der Waals surface area (Å²) in [5.74, 6) is 0. The van der Waals surface area contributed by atoms with Crippen molar-refractivity contribution in [3.8, 4) is 9.75 Å². The monoisotopic (exact) mass is 250 g/mol. The van der Waals surface area contributed by atoms with Crippen molar-refractivity contribution >= 4 is 38.6 Å². The van der Waals surface area contributed by atoms with Gasteiger partial charge in [-0.2, -0.15) is 12.1 Å². The molecule has 0 N–H and O–H groups in total. The Morgan fingerprint density at radius 1 is 1.17 bits per heavy atom. The Balaban J connectivity index is 0.000000720.